The number of hydrogen-bond donors (Lipinski definition) is 2. The number of ether oxygens (including phenoxy) is 1. The zero-order valence-corrected chi connectivity index (χ0v) is 14.6. The molecule has 130 valence electrons. The van der Waals surface area contributed by atoms with E-state index in [1.165, 1.54) is 0 Å². The van der Waals surface area contributed by atoms with E-state index in [1.54, 1.807) is 0 Å². The van der Waals surface area contributed by atoms with Crippen molar-refractivity contribution in [3.8, 4) is 0 Å². The molecule has 0 saturated heterocycles. The van der Waals surface area contributed by atoms with Crippen molar-refractivity contribution in [2.75, 3.05) is 18.5 Å². The first kappa shape index (κ1) is 18.0. The predicted molar refractivity (Wildman–Crippen MR) is 90.5 cm³/mol. The van der Waals surface area contributed by atoms with Gasteiger partial charge >= 0.3 is 5.97 Å². The normalized spacial score (nSPS) is 18.7. The second-order valence-electron chi connectivity index (χ2n) is 6.53. The lowest BCUT2D eigenvalue weighted by Gasteiger charge is -2.13. The highest BCUT2D eigenvalue weighted by atomic mass is 16.5. The molecule has 0 heterocycles. The highest BCUT2D eigenvalue weighted by Crippen LogP contribution is 2.38. The van der Waals surface area contributed by atoms with Crippen LogP contribution in [0, 0.1) is 32.6 Å². The molecule has 24 heavy (non-hydrogen) atoms. The number of anilines is 1. The molecule has 0 aromatic heterocycles. The number of aryl methyl sites for hydroxylation is 3. The van der Waals surface area contributed by atoms with E-state index in [4.69, 9.17) is 4.74 Å². The SMILES string of the molecule is Cc1cc(C)c(NC(=O)CNC(=O)COC(=O)[C@@H]2C[C@H]2C)c(C)c1. The number of benzene rings is 1. The first-order valence-corrected chi connectivity index (χ1v) is 8.09. The second-order valence-corrected chi connectivity index (χ2v) is 6.53. The van der Waals surface area contributed by atoms with E-state index in [1.807, 2.05) is 39.8 Å². The summed E-state index contributed by atoms with van der Waals surface area (Å²) in [6.45, 7) is 7.29. The van der Waals surface area contributed by atoms with Crippen LogP contribution in [-0.4, -0.2) is 30.9 Å². The van der Waals surface area contributed by atoms with Gasteiger partial charge in [0.25, 0.3) is 5.91 Å². The number of rotatable bonds is 6. The maximum absolute atomic E-state index is 12.0. The summed E-state index contributed by atoms with van der Waals surface area (Å²) in [6.07, 6.45) is 0.818. The molecule has 0 aliphatic heterocycles. The Bertz CT molecular complexity index is 646. The van der Waals surface area contributed by atoms with Gasteiger partial charge in [0.15, 0.2) is 6.61 Å². The fraction of sp³-hybridized carbons (Fsp3) is 0.500. The van der Waals surface area contributed by atoms with Gasteiger partial charge in [-0.05, 0) is 44.2 Å². The van der Waals surface area contributed by atoms with Crippen molar-refractivity contribution < 1.29 is 19.1 Å². The number of esters is 1. The van der Waals surface area contributed by atoms with Gasteiger partial charge in [0.05, 0.1) is 12.5 Å². The van der Waals surface area contributed by atoms with Crippen LogP contribution in [0.5, 0.6) is 0 Å². The average Bonchev–Trinajstić information content (AvgIpc) is 3.23. The maximum Gasteiger partial charge on any atom is 0.309 e. The van der Waals surface area contributed by atoms with E-state index in [0.717, 1.165) is 28.8 Å². The molecule has 1 aromatic rings. The minimum Gasteiger partial charge on any atom is -0.455 e. The van der Waals surface area contributed by atoms with E-state index in [-0.39, 0.29) is 30.9 Å². The van der Waals surface area contributed by atoms with Gasteiger partial charge in [-0.3, -0.25) is 14.4 Å². The average molecular weight is 332 g/mol. The summed E-state index contributed by atoms with van der Waals surface area (Å²) in [5.74, 6) is -0.876. The monoisotopic (exact) mass is 332 g/mol. The van der Waals surface area contributed by atoms with Crippen molar-refractivity contribution in [1.82, 2.24) is 5.32 Å². The Morgan fingerprint density at radius 2 is 1.71 bits per heavy atom. The van der Waals surface area contributed by atoms with Crippen molar-refractivity contribution in [2.45, 2.75) is 34.1 Å². The van der Waals surface area contributed by atoms with Gasteiger partial charge in [-0.15, -0.1) is 0 Å². The van der Waals surface area contributed by atoms with Gasteiger partial charge in [-0.25, -0.2) is 0 Å². The molecule has 0 bridgehead atoms. The summed E-state index contributed by atoms with van der Waals surface area (Å²) in [5.41, 5.74) is 3.83. The summed E-state index contributed by atoms with van der Waals surface area (Å²) in [5, 5.41) is 5.25. The van der Waals surface area contributed by atoms with Gasteiger partial charge < -0.3 is 15.4 Å². The summed E-state index contributed by atoms with van der Waals surface area (Å²) in [4.78, 5) is 35.1. The summed E-state index contributed by atoms with van der Waals surface area (Å²) >= 11 is 0. The van der Waals surface area contributed by atoms with Gasteiger partial charge in [0, 0.05) is 5.69 Å². The topological polar surface area (TPSA) is 84.5 Å². The molecule has 6 heteroatoms. The molecule has 2 N–H and O–H groups in total. The Balaban J connectivity index is 1.75. The molecule has 0 unspecified atom stereocenters. The molecular weight excluding hydrogens is 308 g/mol. The minimum atomic E-state index is -0.482. The third kappa shape index (κ3) is 4.81. The van der Waals surface area contributed by atoms with Gasteiger partial charge in [-0.2, -0.15) is 0 Å². The molecule has 2 amide bonds. The molecule has 1 aliphatic carbocycles. The van der Waals surface area contributed by atoms with Crippen LogP contribution in [0.25, 0.3) is 0 Å². The lowest BCUT2D eigenvalue weighted by atomic mass is 10.1. The first-order chi connectivity index (χ1) is 11.3. The Labute approximate surface area is 142 Å². The van der Waals surface area contributed by atoms with Gasteiger partial charge in [0.2, 0.25) is 5.91 Å². The number of amides is 2. The van der Waals surface area contributed by atoms with Crippen LogP contribution in [0.15, 0.2) is 12.1 Å². The van der Waals surface area contributed by atoms with Gasteiger partial charge in [0.1, 0.15) is 0 Å². The van der Waals surface area contributed by atoms with E-state index in [9.17, 15) is 14.4 Å². The molecule has 2 atom stereocenters. The smallest absolute Gasteiger partial charge is 0.309 e. The Kier molecular flexibility index (Phi) is 5.59. The molecular formula is C18H24N2O4. The van der Waals surface area contributed by atoms with Crippen LogP contribution in [0.4, 0.5) is 5.69 Å². The number of hydrogen-bond acceptors (Lipinski definition) is 4. The lowest BCUT2D eigenvalue weighted by Crippen LogP contribution is -2.36. The molecule has 1 aromatic carbocycles. The number of carbonyl (C=O) groups is 3. The third-order valence-electron chi connectivity index (χ3n) is 4.15. The Hall–Kier alpha value is -2.37. The molecule has 0 radical (unpaired) electrons. The molecule has 0 spiro atoms. The largest absolute Gasteiger partial charge is 0.455 e. The molecule has 6 nitrogen and oxygen atoms in total. The molecule has 2 rings (SSSR count). The van der Waals surface area contributed by atoms with Crippen molar-refractivity contribution in [2.24, 2.45) is 11.8 Å². The standard InChI is InChI=1S/C18H24N2O4/c1-10-5-12(3)17(13(4)6-10)20-15(21)8-19-16(22)9-24-18(23)14-7-11(14)2/h5-6,11,14H,7-9H2,1-4H3,(H,19,22)(H,20,21)/t11-,14-/m1/s1. The van der Waals surface area contributed by atoms with Crippen LogP contribution >= 0.6 is 0 Å². The van der Waals surface area contributed by atoms with Crippen molar-refractivity contribution in [3.63, 3.8) is 0 Å². The van der Waals surface area contributed by atoms with E-state index >= 15 is 0 Å². The predicted octanol–water partition coefficient (Wildman–Crippen LogP) is 1.87. The highest BCUT2D eigenvalue weighted by Gasteiger charge is 2.40. The van der Waals surface area contributed by atoms with Crippen LogP contribution in [-0.2, 0) is 19.1 Å². The van der Waals surface area contributed by atoms with Crippen molar-refractivity contribution >= 4 is 23.5 Å². The highest BCUT2D eigenvalue weighted by molar-refractivity contribution is 5.96. The molecule has 1 saturated carbocycles. The molecule has 1 fully saturated rings. The van der Waals surface area contributed by atoms with E-state index in [2.05, 4.69) is 10.6 Å². The van der Waals surface area contributed by atoms with Crippen molar-refractivity contribution in [3.05, 3.63) is 28.8 Å². The van der Waals surface area contributed by atoms with E-state index in [0.29, 0.717) is 5.92 Å². The zero-order chi connectivity index (χ0) is 17.9. The quantitative estimate of drug-likeness (QED) is 0.779. The minimum absolute atomic E-state index is 0.0754. The maximum atomic E-state index is 12.0. The third-order valence-corrected chi connectivity index (χ3v) is 4.15. The second kappa shape index (κ2) is 7.47. The zero-order valence-electron chi connectivity index (χ0n) is 14.6. The van der Waals surface area contributed by atoms with Crippen molar-refractivity contribution in [1.29, 1.82) is 0 Å². The van der Waals surface area contributed by atoms with Crippen LogP contribution in [0.2, 0.25) is 0 Å². The summed E-state index contributed by atoms with van der Waals surface area (Å²) in [6, 6.07) is 3.97. The van der Waals surface area contributed by atoms with Crippen LogP contribution < -0.4 is 10.6 Å². The van der Waals surface area contributed by atoms with Crippen LogP contribution in [0.1, 0.15) is 30.0 Å². The lowest BCUT2D eigenvalue weighted by molar-refractivity contribution is -0.150. The molecule has 1 aliphatic rings. The summed E-state index contributed by atoms with van der Waals surface area (Å²) < 4.78 is 4.92. The Morgan fingerprint density at radius 3 is 2.25 bits per heavy atom. The van der Waals surface area contributed by atoms with Crippen LogP contribution in [0.3, 0.4) is 0 Å². The van der Waals surface area contributed by atoms with Gasteiger partial charge in [-0.1, -0.05) is 24.6 Å². The fourth-order valence-corrected chi connectivity index (χ4v) is 2.68. The van der Waals surface area contributed by atoms with E-state index < -0.39 is 5.91 Å². The Morgan fingerprint density at radius 1 is 1.12 bits per heavy atom. The first-order valence-electron chi connectivity index (χ1n) is 8.09. The number of nitrogens with one attached hydrogen (secondary N) is 2. The number of carbonyl (C=O) groups excluding carboxylic acids is 3. The summed E-state index contributed by atoms with van der Waals surface area (Å²) in [7, 11) is 0. The fourth-order valence-electron chi connectivity index (χ4n) is 2.68.